The van der Waals surface area contributed by atoms with Crippen molar-refractivity contribution in [3.8, 4) is 0 Å². The molecule has 0 bridgehead atoms. The average molecular weight is 934 g/mol. The second-order valence-corrected chi connectivity index (χ2v) is 21.8. The highest BCUT2D eigenvalue weighted by Crippen LogP contribution is 2.19. The number of rotatable bonds is 53. The molecule has 0 aromatic heterocycles. The molecule has 0 aliphatic rings. The van der Waals surface area contributed by atoms with Crippen molar-refractivity contribution in [2.24, 2.45) is 17.8 Å². The molecule has 1 unspecified atom stereocenters. The van der Waals surface area contributed by atoms with Crippen LogP contribution in [-0.2, 0) is 28.6 Å². The van der Waals surface area contributed by atoms with Crippen LogP contribution in [0.15, 0.2) is 0 Å². The molecule has 0 aromatic carbocycles. The Morgan fingerprint density at radius 1 is 0.303 bits per heavy atom. The van der Waals surface area contributed by atoms with E-state index in [1.54, 1.807) is 0 Å². The molecular weight excluding hydrogens is 817 g/mol. The lowest BCUT2D eigenvalue weighted by molar-refractivity contribution is -0.167. The fraction of sp³-hybridized carbons (Fsp3) is 0.950. The van der Waals surface area contributed by atoms with Crippen molar-refractivity contribution in [1.82, 2.24) is 0 Å². The number of hydrogen-bond donors (Lipinski definition) is 0. The van der Waals surface area contributed by atoms with Crippen molar-refractivity contribution in [1.29, 1.82) is 0 Å². The third-order valence-electron chi connectivity index (χ3n) is 14.0. The lowest BCUT2D eigenvalue weighted by atomic mass is 10.00. The molecule has 6 heteroatoms. The molecule has 0 aliphatic heterocycles. The van der Waals surface area contributed by atoms with Gasteiger partial charge < -0.3 is 14.2 Å². The van der Waals surface area contributed by atoms with E-state index in [1.165, 1.54) is 212 Å². The molecule has 0 radical (unpaired) electrons. The van der Waals surface area contributed by atoms with E-state index in [4.69, 9.17) is 14.2 Å². The van der Waals surface area contributed by atoms with Crippen LogP contribution in [0.1, 0.15) is 330 Å². The lowest BCUT2D eigenvalue weighted by Crippen LogP contribution is -2.30. The fourth-order valence-electron chi connectivity index (χ4n) is 9.14. The Hall–Kier alpha value is -1.59. The zero-order valence-corrected chi connectivity index (χ0v) is 45.5. The minimum atomic E-state index is -0.764. The molecule has 0 spiro atoms. The first-order valence-electron chi connectivity index (χ1n) is 29.6. The van der Waals surface area contributed by atoms with Crippen molar-refractivity contribution in [3.05, 3.63) is 0 Å². The van der Waals surface area contributed by atoms with Crippen molar-refractivity contribution in [2.75, 3.05) is 13.2 Å². The average Bonchev–Trinajstić information content (AvgIpc) is 3.29. The highest BCUT2D eigenvalue weighted by atomic mass is 16.6. The molecule has 0 rings (SSSR count). The van der Waals surface area contributed by atoms with Crippen molar-refractivity contribution < 1.29 is 28.6 Å². The van der Waals surface area contributed by atoms with Gasteiger partial charge in [0, 0.05) is 19.3 Å². The summed E-state index contributed by atoms with van der Waals surface area (Å²) in [5.41, 5.74) is 0. The van der Waals surface area contributed by atoms with Crippen LogP contribution in [0, 0.1) is 17.8 Å². The number of carbonyl (C=O) groups is 3. The SMILES string of the molecule is CCC(C)CCCCCCCCC(=O)O[C@H](COC(=O)CCCCCCCCCCCCCCCCCCCCC(C)C)COC(=O)CCCCCCCCCCCCCCCCC(C)C. The smallest absolute Gasteiger partial charge is 0.306 e. The minimum absolute atomic E-state index is 0.0643. The highest BCUT2D eigenvalue weighted by Gasteiger charge is 2.19. The van der Waals surface area contributed by atoms with Gasteiger partial charge in [-0.05, 0) is 37.0 Å². The number of esters is 3. The number of carbonyl (C=O) groups excluding carboxylic acids is 3. The maximum Gasteiger partial charge on any atom is 0.306 e. The van der Waals surface area contributed by atoms with E-state index in [0.717, 1.165) is 75.5 Å². The third-order valence-corrected chi connectivity index (χ3v) is 14.0. The van der Waals surface area contributed by atoms with Gasteiger partial charge in [0.15, 0.2) is 6.10 Å². The third kappa shape index (κ3) is 51.8. The van der Waals surface area contributed by atoms with Gasteiger partial charge in [0.1, 0.15) is 13.2 Å². The van der Waals surface area contributed by atoms with E-state index >= 15 is 0 Å². The first-order chi connectivity index (χ1) is 32.1. The van der Waals surface area contributed by atoms with Crippen LogP contribution >= 0.6 is 0 Å². The Morgan fingerprint density at radius 2 is 0.530 bits per heavy atom. The van der Waals surface area contributed by atoms with Gasteiger partial charge in [0.2, 0.25) is 0 Å². The summed E-state index contributed by atoms with van der Waals surface area (Å²) in [6.45, 7) is 13.8. The van der Waals surface area contributed by atoms with Gasteiger partial charge in [-0.1, -0.05) is 292 Å². The van der Waals surface area contributed by atoms with Gasteiger partial charge in [-0.3, -0.25) is 14.4 Å². The van der Waals surface area contributed by atoms with Crippen molar-refractivity contribution in [3.63, 3.8) is 0 Å². The number of hydrogen-bond acceptors (Lipinski definition) is 6. The second kappa shape index (κ2) is 51.3. The van der Waals surface area contributed by atoms with Crippen molar-refractivity contribution in [2.45, 2.75) is 337 Å². The largest absolute Gasteiger partial charge is 0.462 e. The summed E-state index contributed by atoms with van der Waals surface area (Å²) in [5.74, 6) is 1.67. The summed E-state index contributed by atoms with van der Waals surface area (Å²) in [6, 6.07) is 0. The monoisotopic (exact) mass is 933 g/mol. The lowest BCUT2D eigenvalue weighted by Gasteiger charge is -2.18. The van der Waals surface area contributed by atoms with Gasteiger partial charge in [-0.25, -0.2) is 0 Å². The molecule has 0 aliphatic carbocycles. The van der Waals surface area contributed by atoms with Gasteiger partial charge in [0.05, 0.1) is 0 Å². The van der Waals surface area contributed by atoms with E-state index in [-0.39, 0.29) is 31.1 Å². The van der Waals surface area contributed by atoms with E-state index in [1.807, 2.05) is 0 Å². The Bertz CT molecular complexity index is 1020. The van der Waals surface area contributed by atoms with Crippen LogP contribution in [0.4, 0.5) is 0 Å². The summed E-state index contributed by atoms with van der Waals surface area (Å²) < 4.78 is 16.9. The summed E-state index contributed by atoms with van der Waals surface area (Å²) in [4.78, 5) is 38.1. The second-order valence-electron chi connectivity index (χ2n) is 21.8. The van der Waals surface area contributed by atoms with E-state index < -0.39 is 6.10 Å². The fourth-order valence-corrected chi connectivity index (χ4v) is 9.14. The molecule has 0 saturated heterocycles. The highest BCUT2D eigenvalue weighted by molar-refractivity contribution is 5.71. The van der Waals surface area contributed by atoms with Crippen molar-refractivity contribution >= 4 is 17.9 Å². The molecule has 0 amide bonds. The van der Waals surface area contributed by atoms with Crippen LogP contribution in [0.2, 0.25) is 0 Å². The number of ether oxygens (including phenoxy) is 3. The van der Waals surface area contributed by atoms with Gasteiger partial charge >= 0.3 is 17.9 Å². The van der Waals surface area contributed by atoms with Gasteiger partial charge in [-0.15, -0.1) is 0 Å². The van der Waals surface area contributed by atoms with Crippen LogP contribution in [-0.4, -0.2) is 37.2 Å². The zero-order chi connectivity index (χ0) is 48.4. The summed E-state index contributed by atoms with van der Waals surface area (Å²) in [7, 11) is 0. The number of unbranched alkanes of at least 4 members (excludes halogenated alkanes) is 35. The first kappa shape index (κ1) is 64.4. The maximum atomic E-state index is 12.8. The topological polar surface area (TPSA) is 78.9 Å². The zero-order valence-electron chi connectivity index (χ0n) is 45.5. The Labute approximate surface area is 412 Å². The molecule has 0 aromatic rings. The standard InChI is InChI=1S/C60H116O6/c1-7-56(6)48-42-36-32-33-39-45-51-60(63)66-57(53-65-59(62)50-44-38-31-27-23-19-15-14-17-21-25-29-35-41-47-55(4)5)52-64-58(61)49-43-37-30-26-22-18-13-11-9-8-10-12-16-20-24-28-34-40-46-54(2)3/h54-57H,7-53H2,1-6H3/t56?,57-/m1/s1. The summed E-state index contributed by atoms with van der Waals surface area (Å²) >= 11 is 0. The molecule has 392 valence electrons. The molecule has 6 nitrogen and oxygen atoms in total. The predicted octanol–water partition coefficient (Wildman–Crippen LogP) is 19.5. The molecule has 0 saturated carbocycles. The summed E-state index contributed by atoms with van der Waals surface area (Å²) in [5, 5.41) is 0. The van der Waals surface area contributed by atoms with Crippen LogP contribution in [0.5, 0.6) is 0 Å². The Morgan fingerprint density at radius 3 is 0.788 bits per heavy atom. The van der Waals surface area contributed by atoms with Gasteiger partial charge in [0.25, 0.3) is 0 Å². The maximum absolute atomic E-state index is 12.8. The molecule has 2 atom stereocenters. The quantitative estimate of drug-likeness (QED) is 0.0343. The van der Waals surface area contributed by atoms with E-state index in [0.29, 0.717) is 19.3 Å². The van der Waals surface area contributed by atoms with Gasteiger partial charge in [-0.2, -0.15) is 0 Å². The summed E-state index contributed by atoms with van der Waals surface area (Å²) in [6.07, 6.45) is 53.9. The minimum Gasteiger partial charge on any atom is -0.462 e. The predicted molar refractivity (Wildman–Crippen MR) is 284 cm³/mol. The van der Waals surface area contributed by atoms with Crippen LogP contribution in [0.3, 0.4) is 0 Å². The molecule has 0 fully saturated rings. The Balaban J connectivity index is 4.19. The van der Waals surface area contributed by atoms with Crippen LogP contribution < -0.4 is 0 Å². The van der Waals surface area contributed by atoms with Crippen LogP contribution in [0.25, 0.3) is 0 Å². The molecule has 66 heavy (non-hydrogen) atoms. The van der Waals surface area contributed by atoms with E-state index in [9.17, 15) is 14.4 Å². The Kier molecular flexibility index (Phi) is 50.0. The molecular formula is C60H116O6. The first-order valence-corrected chi connectivity index (χ1v) is 29.6. The molecule has 0 heterocycles. The molecule has 0 N–H and O–H groups in total. The normalized spacial score (nSPS) is 12.5. The van der Waals surface area contributed by atoms with E-state index in [2.05, 4.69) is 41.5 Å².